The molecule has 0 bridgehead atoms. The molecule has 0 saturated carbocycles. The molecule has 0 radical (unpaired) electrons. The molecule has 0 unspecified atom stereocenters. The lowest BCUT2D eigenvalue weighted by molar-refractivity contribution is -0.00616. The minimum absolute atomic E-state index is 0.228. The number of hydrogen-bond acceptors (Lipinski definition) is 4. The molecule has 2 saturated heterocycles. The molecule has 0 spiro atoms. The zero-order valence-corrected chi connectivity index (χ0v) is 15.2. The highest BCUT2D eigenvalue weighted by Gasteiger charge is 2.37. The van der Waals surface area contributed by atoms with Crippen LogP contribution in [-0.2, 0) is 4.74 Å². The molecule has 2 aromatic rings. The Morgan fingerprint density at radius 3 is 2.04 bits per heavy atom. The molecule has 2 aliphatic rings. The molecular weight excluding hydrogens is 324 g/mol. The van der Waals surface area contributed by atoms with E-state index in [1.807, 2.05) is 0 Å². The van der Waals surface area contributed by atoms with E-state index in [9.17, 15) is 5.11 Å². The Labute approximate surface area is 156 Å². The molecule has 2 aliphatic heterocycles. The molecule has 26 heavy (non-hydrogen) atoms. The van der Waals surface area contributed by atoms with E-state index < -0.39 is 0 Å². The van der Waals surface area contributed by atoms with Gasteiger partial charge in [0, 0.05) is 44.7 Å². The first kappa shape index (κ1) is 17.7. The molecule has 0 aliphatic carbocycles. The van der Waals surface area contributed by atoms with Crippen molar-refractivity contribution in [2.24, 2.45) is 0 Å². The summed E-state index contributed by atoms with van der Waals surface area (Å²) in [6.07, 6.45) is -0.278. The third-order valence-electron chi connectivity index (χ3n) is 5.69. The maximum Gasteiger partial charge on any atom is 0.0834 e. The highest BCUT2D eigenvalue weighted by Crippen LogP contribution is 2.28. The molecule has 1 N–H and O–H groups in total. The average Bonchev–Trinajstić information content (AvgIpc) is 3.08. The molecule has 2 fully saturated rings. The number of hydrogen-bond donors (Lipinski definition) is 1. The summed E-state index contributed by atoms with van der Waals surface area (Å²) in [6, 6.07) is 21.7. The fourth-order valence-electron chi connectivity index (χ4n) is 4.30. The van der Waals surface area contributed by atoms with Crippen molar-refractivity contribution in [2.45, 2.75) is 18.1 Å². The monoisotopic (exact) mass is 352 g/mol. The summed E-state index contributed by atoms with van der Waals surface area (Å²) in [4.78, 5) is 4.82. The van der Waals surface area contributed by atoms with Crippen LogP contribution in [0.3, 0.4) is 0 Å². The van der Waals surface area contributed by atoms with Crippen LogP contribution in [0.5, 0.6) is 0 Å². The number of β-amino-alcohol motifs (C(OH)–C–C–N with tert-alkyl or cyclic N) is 1. The summed E-state index contributed by atoms with van der Waals surface area (Å²) >= 11 is 0. The number of morpholine rings is 1. The molecule has 4 rings (SSSR count). The molecule has 2 atom stereocenters. The van der Waals surface area contributed by atoms with Crippen LogP contribution >= 0.6 is 0 Å². The third kappa shape index (κ3) is 3.99. The van der Waals surface area contributed by atoms with Gasteiger partial charge >= 0.3 is 0 Å². The number of likely N-dealkylation sites (tertiary alicyclic amines) is 1. The van der Waals surface area contributed by atoms with Gasteiger partial charge in [-0.3, -0.25) is 9.80 Å². The molecule has 4 nitrogen and oxygen atoms in total. The van der Waals surface area contributed by atoms with Crippen molar-refractivity contribution in [3.63, 3.8) is 0 Å². The Kier molecular flexibility index (Phi) is 5.65. The van der Waals surface area contributed by atoms with Crippen LogP contribution in [-0.4, -0.2) is 73.0 Å². The molecule has 0 aromatic heterocycles. The lowest BCUT2D eigenvalue weighted by atomic mass is 9.91. The number of rotatable bonds is 5. The zero-order chi connectivity index (χ0) is 17.8. The quantitative estimate of drug-likeness (QED) is 0.895. The summed E-state index contributed by atoms with van der Waals surface area (Å²) in [6.45, 7) is 6.02. The van der Waals surface area contributed by atoms with E-state index in [0.29, 0.717) is 5.92 Å². The highest BCUT2D eigenvalue weighted by molar-refractivity contribution is 5.32. The lowest BCUT2D eigenvalue weighted by Crippen LogP contribution is -2.48. The van der Waals surface area contributed by atoms with Crippen molar-refractivity contribution in [3.8, 4) is 0 Å². The Hall–Kier alpha value is -1.72. The van der Waals surface area contributed by atoms with Crippen molar-refractivity contribution < 1.29 is 9.84 Å². The van der Waals surface area contributed by atoms with Crippen molar-refractivity contribution in [3.05, 3.63) is 71.8 Å². The van der Waals surface area contributed by atoms with Crippen LogP contribution in [0, 0.1) is 0 Å². The maximum atomic E-state index is 10.6. The van der Waals surface area contributed by atoms with Crippen molar-refractivity contribution in [1.29, 1.82) is 0 Å². The normalized spacial score (nSPS) is 25.0. The van der Waals surface area contributed by atoms with E-state index in [0.717, 1.165) is 45.9 Å². The van der Waals surface area contributed by atoms with Gasteiger partial charge in [0.15, 0.2) is 0 Å². The summed E-state index contributed by atoms with van der Waals surface area (Å²) < 4.78 is 5.46. The first-order chi connectivity index (χ1) is 12.8. The van der Waals surface area contributed by atoms with Crippen LogP contribution in [0.15, 0.2) is 60.7 Å². The van der Waals surface area contributed by atoms with Crippen LogP contribution in [0.2, 0.25) is 0 Å². The second-order valence-electron chi connectivity index (χ2n) is 7.38. The lowest BCUT2D eigenvalue weighted by Gasteiger charge is -2.33. The predicted molar refractivity (Wildman–Crippen MR) is 103 cm³/mol. The average molecular weight is 352 g/mol. The largest absolute Gasteiger partial charge is 0.390 e. The standard InChI is InChI=1S/C22H28N2O2/c25-22-17-23(16-21(22)24-11-13-26-14-12-24)15-20(18-7-3-1-4-8-18)19-9-5-2-6-10-19/h1-10,20-22,25H,11-17H2/t21-,22-/m0/s1. The van der Waals surface area contributed by atoms with E-state index in [4.69, 9.17) is 4.74 Å². The minimum atomic E-state index is -0.278. The summed E-state index contributed by atoms with van der Waals surface area (Å²) in [5.41, 5.74) is 2.67. The number of nitrogens with zero attached hydrogens (tertiary/aromatic N) is 2. The topological polar surface area (TPSA) is 35.9 Å². The number of ether oxygens (including phenoxy) is 1. The van der Waals surface area contributed by atoms with Crippen molar-refractivity contribution in [2.75, 3.05) is 45.9 Å². The van der Waals surface area contributed by atoms with Gasteiger partial charge in [-0.05, 0) is 11.1 Å². The van der Waals surface area contributed by atoms with Gasteiger partial charge in [-0.2, -0.15) is 0 Å². The van der Waals surface area contributed by atoms with E-state index in [2.05, 4.69) is 70.5 Å². The summed E-state index contributed by atoms with van der Waals surface area (Å²) in [5, 5.41) is 10.6. The smallest absolute Gasteiger partial charge is 0.0834 e. The van der Waals surface area contributed by atoms with Gasteiger partial charge in [0.1, 0.15) is 0 Å². The number of benzene rings is 2. The highest BCUT2D eigenvalue weighted by atomic mass is 16.5. The van der Waals surface area contributed by atoms with E-state index in [1.54, 1.807) is 0 Å². The fourth-order valence-corrected chi connectivity index (χ4v) is 4.30. The van der Waals surface area contributed by atoms with Gasteiger partial charge in [0.25, 0.3) is 0 Å². The Balaban J connectivity index is 1.49. The molecular formula is C22H28N2O2. The van der Waals surface area contributed by atoms with Crippen LogP contribution in [0.4, 0.5) is 0 Å². The second-order valence-corrected chi connectivity index (χ2v) is 7.38. The van der Waals surface area contributed by atoms with Crippen molar-refractivity contribution >= 4 is 0 Å². The minimum Gasteiger partial charge on any atom is -0.390 e. The molecule has 4 heteroatoms. The molecule has 2 heterocycles. The first-order valence-electron chi connectivity index (χ1n) is 9.63. The van der Waals surface area contributed by atoms with Crippen molar-refractivity contribution in [1.82, 2.24) is 9.80 Å². The second kappa shape index (κ2) is 8.31. The van der Waals surface area contributed by atoms with Gasteiger partial charge in [-0.25, -0.2) is 0 Å². The van der Waals surface area contributed by atoms with E-state index in [1.165, 1.54) is 11.1 Å². The van der Waals surface area contributed by atoms with Crippen LogP contribution < -0.4 is 0 Å². The molecule has 138 valence electrons. The Bertz CT molecular complexity index is 634. The van der Waals surface area contributed by atoms with Gasteiger partial charge in [-0.1, -0.05) is 60.7 Å². The Morgan fingerprint density at radius 1 is 0.885 bits per heavy atom. The maximum absolute atomic E-state index is 10.6. The van der Waals surface area contributed by atoms with E-state index in [-0.39, 0.29) is 12.1 Å². The SMILES string of the molecule is O[C@H]1CN(CC(c2ccccc2)c2ccccc2)C[C@@H]1N1CCOCC1. The number of aliphatic hydroxyl groups is 1. The van der Waals surface area contributed by atoms with Gasteiger partial charge in [-0.15, -0.1) is 0 Å². The van der Waals surface area contributed by atoms with Gasteiger partial charge in [0.2, 0.25) is 0 Å². The summed E-state index contributed by atoms with van der Waals surface area (Å²) in [7, 11) is 0. The van der Waals surface area contributed by atoms with Gasteiger partial charge < -0.3 is 9.84 Å². The van der Waals surface area contributed by atoms with E-state index >= 15 is 0 Å². The Morgan fingerprint density at radius 2 is 1.46 bits per heavy atom. The van der Waals surface area contributed by atoms with Gasteiger partial charge in [0.05, 0.1) is 19.3 Å². The molecule has 2 aromatic carbocycles. The molecule has 0 amide bonds. The fraction of sp³-hybridized carbons (Fsp3) is 0.455. The van der Waals surface area contributed by atoms with Crippen LogP contribution in [0.1, 0.15) is 17.0 Å². The third-order valence-corrected chi connectivity index (χ3v) is 5.69. The number of aliphatic hydroxyl groups excluding tert-OH is 1. The first-order valence-corrected chi connectivity index (χ1v) is 9.63. The van der Waals surface area contributed by atoms with Crippen LogP contribution in [0.25, 0.3) is 0 Å². The zero-order valence-electron chi connectivity index (χ0n) is 15.2. The predicted octanol–water partition coefficient (Wildman–Crippen LogP) is 2.20. The summed E-state index contributed by atoms with van der Waals surface area (Å²) in [5.74, 6) is 0.327.